The van der Waals surface area contributed by atoms with Gasteiger partial charge in [-0.1, -0.05) is 152 Å². The predicted octanol–water partition coefficient (Wildman–Crippen LogP) is 15.8. The van der Waals surface area contributed by atoms with E-state index in [9.17, 15) is 0 Å². The van der Waals surface area contributed by atoms with Crippen molar-refractivity contribution in [2.45, 2.75) is 0 Å². The largest absolute Gasteiger partial charge is 0.308 e. The third kappa shape index (κ3) is 4.43. The molecule has 0 aliphatic rings. The highest BCUT2D eigenvalue weighted by Crippen LogP contribution is 2.50. The van der Waals surface area contributed by atoms with Gasteiger partial charge in [-0.3, -0.25) is 4.57 Å². The molecule has 0 saturated heterocycles. The minimum Gasteiger partial charge on any atom is -0.308 e. The minimum absolute atomic E-state index is 0.818. The summed E-state index contributed by atoms with van der Waals surface area (Å²) in [7, 11) is 0. The van der Waals surface area contributed by atoms with Gasteiger partial charge in [0.15, 0.2) is 5.82 Å². The third-order valence-corrected chi connectivity index (χ3v) is 14.7. The van der Waals surface area contributed by atoms with Gasteiger partial charge in [-0.05, 0) is 75.5 Å². The molecule has 15 rings (SSSR count). The molecule has 0 spiro atoms. The molecule has 5 aromatic heterocycles. The summed E-state index contributed by atoms with van der Waals surface area (Å²) in [6.45, 7) is 0. The second kappa shape index (κ2) is 12.3. The van der Waals surface area contributed by atoms with Gasteiger partial charge in [-0.15, -0.1) is 11.3 Å². The lowest BCUT2D eigenvalue weighted by Crippen LogP contribution is -2.04. The lowest BCUT2D eigenvalue weighted by molar-refractivity contribution is 1.08. The summed E-state index contributed by atoms with van der Waals surface area (Å²) < 4.78 is 7.55. The lowest BCUT2D eigenvalue weighted by Gasteiger charge is -2.17. The molecule has 0 unspecified atom stereocenters. The van der Waals surface area contributed by atoms with Gasteiger partial charge in [0, 0.05) is 58.1 Å². The molecule has 0 saturated carbocycles. The van der Waals surface area contributed by atoms with Crippen LogP contribution in [0.4, 0.5) is 0 Å². The number of rotatable bonds is 4. The second-order valence-corrected chi connectivity index (χ2v) is 17.9. The van der Waals surface area contributed by atoms with Gasteiger partial charge >= 0.3 is 0 Å². The molecule has 0 bridgehead atoms. The number of aromatic nitrogens is 4. The number of nitrogens with zero attached hydrogens (tertiary/aromatic N) is 4. The number of hydrogen-bond donors (Lipinski definition) is 0. The minimum atomic E-state index is 0.818. The molecule has 290 valence electrons. The van der Waals surface area contributed by atoms with Crippen LogP contribution < -0.4 is 0 Å². The summed E-state index contributed by atoms with van der Waals surface area (Å²) in [5, 5.41) is 12.3. The fourth-order valence-electron chi connectivity index (χ4n) is 10.9. The first kappa shape index (κ1) is 33.6. The molecule has 10 aromatic carbocycles. The van der Waals surface area contributed by atoms with Crippen LogP contribution in [0.3, 0.4) is 0 Å². The average Bonchev–Trinajstić information content (AvgIpc) is 3.98. The van der Waals surface area contributed by atoms with Gasteiger partial charge in [0.25, 0.3) is 0 Å². The van der Waals surface area contributed by atoms with Crippen LogP contribution in [-0.2, 0) is 0 Å². The summed E-state index contributed by atoms with van der Waals surface area (Å²) in [4.78, 5) is 11.7. The molecular formula is C58H32N4S. The second-order valence-electron chi connectivity index (χ2n) is 16.8. The molecular weight excluding hydrogens is 785 g/mol. The van der Waals surface area contributed by atoms with E-state index in [2.05, 4.69) is 203 Å². The lowest BCUT2D eigenvalue weighted by atomic mass is 9.97. The Bertz CT molecular complexity index is 4360. The predicted molar refractivity (Wildman–Crippen MR) is 266 cm³/mol. The zero-order valence-corrected chi connectivity index (χ0v) is 34.5. The van der Waals surface area contributed by atoms with Gasteiger partial charge in [0.05, 0.1) is 38.6 Å². The van der Waals surface area contributed by atoms with E-state index in [1.165, 1.54) is 80.2 Å². The molecule has 0 aliphatic heterocycles. The first-order chi connectivity index (χ1) is 31.3. The van der Waals surface area contributed by atoms with Crippen LogP contribution in [0.1, 0.15) is 0 Å². The molecule has 63 heavy (non-hydrogen) atoms. The molecule has 5 heteroatoms. The number of fused-ring (bicyclic) bond motifs is 10. The molecule has 5 heterocycles. The highest BCUT2D eigenvalue weighted by atomic mass is 32.1. The maximum Gasteiger partial charge on any atom is 0.165 e. The van der Waals surface area contributed by atoms with Gasteiger partial charge in [0.1, 0.15) is 5.69 Å². The van der Waals surface area contributed by atoms with Crippen LogP contribution in [0.2, 0.25) is 0 Å². The standard InChI is InChI=1S/C58H32N4S/c1-2-12-33(13-3-1)34-24-26-35(27-25-34)36-14-10-15-37(32-36)54-58(60-56-42-20-7-5-17-39(42)38-16-4-6-19-41(38)55(56)59-54)62-46-23-11-22-45-50(46)51-47(62)29-31-48-52(51)53-49(63-48)30-28-43-40-18-8-9-21-44(40)61(45)57(43)53/h1-32H. The summed E-state index contributed by atoms with van der Waals surface area (Å²) >= 11 is 1.89. The number of benzene rings is 10. The third-order valence-electron chi connectivity index (χ3n) is 13.6. The van der Waals surface area contributed by atoms with Gasteiger partial charge < -0.3 is 4.40 Å². The molecule has 0 N–H and O–H groups in total. The molecule has 15 aromatic rings. The smallest absolute Gasteiger partial charge is 0.165 e. The van der Waals surface area contributed by atoms with Crippen molar-refractivity contribution in [3.05, 3.63) is 194 Å². The summed E-state index contributed by atoms with van der Waals surface area (Å²) in [5.41, 5.74) is 14.3. The van der Waals surface area contributed by atoms with Crippen LogP contribution >= 0.6 is 11.3 Å². The zero-order valence-electron chi connectivity index (χ0n) is 33.7. The van der Waals surface area contributed by atoms with E-state index in [1.807, 2.05) is 11.3 Å². The molecule has 0 atom stereocenters. The monoisotopic (exact) mass is 816 g/mol. The molecule has 0 radical (unpaired) electrons. The van der Waals surface area contributed by atoms with Crippen LogP contribution in [0.25, 0.3) is 141 Å². The Hall–Kier alpha value is -8.12. The molecule has 0 aliphatic carbocycles. The molecule has 4 nitrogen and oxygen atoms in total. The summed E-state index contributed by atoms with van der Waals surface area (Å²) in [6.07, 6.45) is 0. The Kier molecular flexibility index (Phi) is 6.53. The Morgan fingerprint density at radius 1 is 0.333 bits per heavy atom. The highest BCUT2D eigenvalue weighted by molar-refractivity contribution is 7.26. The first-order valence-electron chi connectivity index (χ1n) is 21.5. The van der Waals surface area contributed by atoms with Crippen LogP contribution in [0, 0.1) is 0 Å². The Morgan fingerprint density at radius 2 is 0.889 bits per heavy atom. The van der Waals surface area contributed by atoms with E-state index >= 15 is 0 Å². The molecule has 0 amide bonds. The fraction of sp³-hybridized carbons (Fsp3) is 0. The maximum atomic E-state index is 5.87. The van der Waals surface area contributed by atoms with E-state index < -0.39 is 0 Å². The van der Waals surface area contributed by atoms with Crippen molar-refractivity contribution >= 4 is 113 Å². The SMILES string of the molecule is c1ccc(-c2ccc(-c3cccc(-c4nc5c6ccccc6c6ccccc6c5nc4-n4c5ccc6sc7ccc8c9ccccc9n9c%10cccc4c%10c5c6c7c89)c3)cc2)cc1. The van der Waals surface area contributed by atoms with E-state index in [0.29, 0.717) is 0 Å². The number of para-hydroxylation sites is 1. The fourth-order valence-corrected chi connectivity index (χ4v) is 12.0. The van der Waals surface area contributed by atoms with Crippen molar-refractivity contribution in [1.29, 1.82) is 0 Å². The van der Waals surface area contributed by atoms with Crippen LogP contribution in [0.5, 0.6) is 0 Å². The van der Waals surface area contributed by atoms with Gasteiger partial charge in [0.2, 0.25) is 0 Å². The number of hydrogen-bond acceptors (Lipinski definition) is 3. The maximum absolute atomic E-state index is 5.87. The number of thiophene rings is 1. The topological polar surface area (TPSA) is 35.1 Å². The van der Waals surface area contributed by atoms with E-state index in [4.69, 9.17) is 9.97 Å². The van der Waals surface area contributed by atoms with E-state index in [-0.39, 0.29) is 0 Å². The Morgan fingerprint density at radius 3 is 1.68 bits per heavy atom. The Balaban J connectivity index is 1.09. The van der Waals surface area contributed by atoms with E-state index in [1.54, 1.807) is 0 Å². The Labute approximate surface area is 363 Å². The van der Waals surface area contributed by atoms with Crippen LogP contribution in [0.15, 0.2) is 194 Å². The quantitative estimate of drug-likeness (QED) is 0.166. The van der Waals surface area contributed by atoms with Crippen molar-refractivity contribution in [1.82, 2.24) is 18.9 Å². The molecule has 0 fully saturated rings. The van der Waals surface area contributed by atoms with Gasteiger partial charge in [-0.25, -0.2) is 9.97 Å². The van der Waals surface area contributed by atoms with Crippen LogP contribution in [-0.4, -0.2) is 18.9 Å². The summed E-state index contributed by atoms with van der Waals surface area (Å²) in [6, 6.07) is 70.7. The van der Waals surface area contributed by atoms with Crippen molar-refractivity contribution < 1.29 is 0 Å². The highest BCUT2D eigenvalue weighted by Gasteiger charge is 2.28. The van der Waals surface area contributed by atoms with Crippen molar-refractivity contribution in [2.24, 2.45) is 0 Å². The zero-order chi connectivity index (χ0) is 40.9. The van der Waals surface area contributed by atoms with Gasteiger partial charge in [-0.2, -0.15) is 0 Å². The summed E-state index contributed by atoms with van der Waals surface area (Å²) in [5.74, 6) is 0.818. The average molecular weight is 817 g/mol. The van der Waals surface area contributed by atoms with Crippen molar-refractivity contribution in [3.8, 4) is 39.3 Å². The van der Waals surface area contributed by atoms with Crippen molar-refractivity contribution in [3.63, 3.8) is 0 Å². The first-order valence-corrected chi connectivity index (χ1v) is 22.3. The van der Waals surface area contributed by atoms with Crippen molar-refractivity contribution in [2.75, 3.05) is 0 Å². The van der Waals surface area contributed by atoms with E-state index in [0.717, 1.165) is 61.0 Å². The normalized spacial score (nSPS) is 12.4.